The normalized spacial score (nSPS) is 48.0. The Morgan fingerprint density at radius 2 is 2.20 bits per heavy atom. The first-order chi connectivity index (χ1) is 4.66. The van der Waals surface area contributed by atoms with E-state index < -0.39 is 6.10 Å². The smallest absolute Gasteiger partial charge is 0.0730 e. The van der Waals surface area contributed by atoms with Crippen LogP contribution in [0.15, 0.2) is 0 Å². The zero-order chi connectivity index (χ0) is 7.72. The highest BCUT2D eigenvalue weighted by Gasteiger charge is 2.38. The van der Waals surface area contributed by atoms with E-state index in [2.05, 4.69) is 15.9 Å². The van der Waals surface area contributed by atoms with Crippen LogP contribution in [0.3, 0.4) is 0 Å². The number of aliphatic hydroxyl groups is 2. The molecule has 10 heavy (non-hydrogen) atoms. The predicted molar refractivity (Wildman–Crippen MR) is 41.9 cm³/mol. The number of rotatable bonds is 1. The molecule has 0 radical (unpaired) electrons. The van der Waals surface area contributed by atoms with E-state index in [1.807, 2.05) is 0 Å². The van der Waals surface area contributed by atoms with E-state index in [4.69, 9.17) is 10.8 Å². The Balaban J connectivity index is 2.53. The van der Waals surface area contributed by atoms with Gasteiger partial charge >= 0.3 is 0 Å². The topological polar surface area (TPSA) is 66.5 Å². The average Bonchev–Trinajstić information content (AvgIpc) is 2.17. The maximum Gasteiger partial charge on any atom is 0.0730 e. The van der Waals surface area contributed by atoms with E-state index >= 15 is 0 Å². The van der Waals surface area contributed by atoms with Gasteiger partial charge < -0.3 is 15.9 Å². The maximum atomic E-state index is 9.34. The first-order valence-corrected chi connectivity index (χ1v) is 4.27. The molecule has 0 aromatic heterocycles. The fourth-order valence-corrected chi connectivity index (χ4v) is 1.96. The SMILES string of the molecule is N[C@@H]1C[C@@H](CO)[C@@H](O)[C@@H]1Br. The lowest BCUT2D eigenvalue weighted by atomic mass is 10.1. The average molecular weight is 210 g/mol. The van der Waals surface area contributed by atoms with Gasteiger partial charge in [-0.1, -0.05) is 15.9 Å². The van der Waals surface area contributed by atoms with Crippen molar-refractivity contribution < 1.29 is 10.2 Å². The Morgan fingerprint density at radius 3 is 2.40 bits per heavy atom. The van der Waals surface area contributed by atoms with E-state index in [-0.39, 0.29) is 23.4 Å². The molecule has 60 valence electrons. The fraction of sp³-hybridized carbons (Fsp3) is 1.00. The van der Waals surface area contributed by atoms with Gasteiger partial charge in [0, 0.05) is 18.6 Å². The summed E-state index contributed by atoms with van der Waals surface area (Å²) in [7, 11) is 0. The number of aliphatic hydroxyl groups excluding tert-OH is 2. The summed E-state index contributed by atoms with van der Waals surface area (Å²) in [4.78, 5) is -0.0513. The molecule has 0 bridgehead atoms. The molecule has 0 aromatic rings. The van der Waals surface area contributed by atoms with Gasteiger partial charge in [-0.05, 0) is 6.42 Å². The van der Waals surface area contributed by atoms with Crippen LogP contribution in [-0.2, 0) is 0 Å². The van der Waals surface area contributed by atoms with Gasteiger partial charge in [0.05, 0.1) is 10.9 Å². The first-order valence-electron chi connectivity index (χ1n) is 3.35. The minimum atomic E-state index is -0.486. The maximum absolute atomic E-state index is 9.34. The molecule has 3 nitrogen and oxygen atoms in total. The highest BCUT2D eigenvalue weighted by atomic mass is 79.9. The monoisotopic (exact) mass is 209 g/mol. The number of hydrogen-bond acceptors (Lipinski definition) is 3. The molecule has 0 heterocycles. The van der Waals surface area contributed by atoms with E-state index in [0.717, 1.165) is 0 Å². The van der Waals surface area contributed by atoms with Gasteiger partial charge in [0.15, 0.2) is 0 Å². The van der Waals surface area contributed by atoms with Crippen molar-refractivity contribution in [3.05, 3.63) is 0 Å². The molecule has 4 heteroatoms. The zero-order valence-corrected chi connectivity index (χ0v) is 7.16. The van der Waals surface area contributed by atoms with Crippen molar-refractivity contribution in [3.8, 4) is 0 Å². The van der Waals surface area contributed by atoms with Crippen LogP contribution in [0.1, 0.15) is 6.42 Å². The second-order valence-electron chi connectivity index (χ2n) is 2.78. The second-order valence-corrected chi connectivity index (χ2v) is 3.83. The van der Waals surface area contributed by atoms with Crippen LogP contribution >= 0.6 is 15.9 Å². The lowest BCUT2D eigenvalue weighted by Crippen LogP contribution is -2.30. The molecule has 4 N–H and O–H groups in total. The first kappa shape index (κ1) is 8.46. The molecule has 1 fully saturated rings. The van der Waals surface area contributed by atoms with Crippen molar-refractivity contribution in [1.82, 2.24) is 0 Å². The Kier molecular flexibility index (Phi) is 2.68. The summed E-state index contributed by atoms with van der Waals surface area (Å²) in [5.74, 6) is -0.0422. The summed E-state index contributed by atoms with van der Waals surface area (Å²) in [6, 6.07) is -0.0212. The summed E-state index contributed by atoms with van der Waals surface area (Å²) in [5.41, 5.74) is 5.62. The van der Waals surface area contributed by atoms with E-state index in [1.165, 1.54) is 0 Å². The molecule has 1 aliphatic rings. The third kappa shape index (κ3) is 1.34. The molecule has 0 spiro atoms. The van der Waals surface area contributed by atoms with Crippen LogP contribution < -0.4 is 5.73 Å². The summed E-state index contributed by atoms with van der Waals surface area (Å²) >= 11 is 3.26. The van der Waals surface area contributed by atoms with Crippen LogP contribution in [0.25, 0.3) is 0 Å². The zero-order valence-electron chi connectivity index (χ0n) is 5.57. The van der Waals surface area contributed by atoms with E-state index in [0.29, 0.717) is 6.42 Å². The molecule has 0 saturated heterocycles. The number of alkyl halides is 1. The van der Waals surface area contributed by atoms with E-state index in [9.17, 15) is 5.11 Å². The standard InChI is InChI=1S/C6H12BrNO2/c7-5-4(8)1-3(2-9)6(5)10/h3-6,9-10H,1-2,8H2/t3-,4+,5+,6+/m0/s1. The Bertz CT molecular complexity index is 122. The number of halogens is 1. The highest BCUT2D eigenvalue weighted by molar-refractivity contribution is 9.09. The van der Waals surface area contributed by atoms with Crippen LogP contribution in [0, 0.1) is 5.92 Å². The Morgan fingerprint density at radius 1 is 1.60 bits per heavy atom. The van der Waals surface area contributed by atoms with Crippen molar-refractivity contribution in [2.45, 2.75) is 23.4 Å². The van der Waals surface area contributed by atoms with Crippen molar-refractivity contribution in [2.75, 3.05) is 6.61 Å². The molecular formula is C6H12BrNO2. The minimum absolute atomic E-state index is 0.0212. The molecule has 0 aliphatic heterocycles. The summed E-state index contributed by atoms with van der Waals surface area (Å²) in [6.07, 6.45) is 0.216. The highest BCUT2D eigenvalue weighted by Crippen LogP contribution is 2.29. The van der Waals surface area contributed by atoms with Gasteiger partial charge in [-0.25, -0.2) is 0 Å². The van der Waals surface area contributed by atoms with Gasteiger partial charge in [0.1, 0.15) is 0 Å². The van der Waals surface area contributed by atoms with Gasteiger partial charge in [-0.15, -0.1) is 0 Å². The molecule has 0 amide bonds. The third-order valence-electron chi connectivity index (χ3n) is 2.03. The molecule has 4 atom stereocenters. The Labute approximate surface area is 68.4 Å². The molecule has 0 unspecified atom stereocenters. The van der Waals surface area contributed by atoms with Crippen LogP contribution in [0.4, 0.5) is 0 Å². The number of hydrogen-bond donors (Lipinski definition) is 3. The van der Waals surface area contributed by atoms with Crippen molar-refractivity contribution >= 4 is 15.9 Å². The summed E-state index contributed by atoms with van der Waals surface area (Å²) in [6.45, 7) is 0.0248. The largest absolute Gasteiger partial charge is 0.396 e. The Hall–Kier alpha value is 0.360. The molecule has 1 saturated carbocycles. The third-order valence-corrected chi connectivity index (χ3v) is 3.25. The molecule has 1 rings (SSSR count). The molecular weight excluding hydrogens is 198 g/mol. The second kappa shape index (κ2) is 3.17. The van der Waals surface area contributed by atoms with Crippen molar-refractivity contribution in [2.24, 2.45) is 11.7 Å². The summed E-state index contributed by atoms with van der Waals surface area (Å²) in [5, 5.41) is 18.1. The van der Waals surface area contributed by atoms with Crippen LogP contribution in [-0.4, -0.2) is 33.8 Å². The van der Waals surface area contributed by atoms with Gasteiger partial charge in [-0.2, -0.15) is 0 Å². The summed E-state index contributed by atoms with van der Waals surface area (Å²) < 4.78 is 0. The minimum Gasteiger partial charge on any atom is -0.396 e. The lowest BCUT2D eigenvalue weighted by molar-refractivity contribution is 0.0947. The number of nitrogens with two attached hydrogens (primary N) is 1. The lowest BCUT2D eigenvalue weighted by Gasteiger charge is -2.12. The predicted octanol–water partition coefficient (Wildman–Crippen LogP) is -0.550. The fourth-order valence-electron chi connectivity index (χ4n) is 1.31. The van der Waals surface area contributed by atoms with Crippen LogP contribution in [0.5, 0.6) is 0 Å². The van der Waals surface area contributed by atoms with Gasteiger partial charge in [0.2, 0.25) is 0 Å². The molecule has 0 aromatic carbocycles. The van der Waals surface area contributed by atoms with E-state index in [1.54, 1.807) is 0 Å². The van der Waals surface area contributed by atoms with Crippen LogP contribution in [0.2, 0.25) is 0 Å². The van der Waals surface area contributed by atoms with Gasteiger partial charge in [-0.3, -0.25) is 0 Å². The quantitative estimate of drug-likeness (QED) is 0.509. The van der Waals surface area contributed by atoms with Crippen molar-refractivity contribution in [3.63, 3.8) is 0 Å². The van der Waals surface area contributed by atoms with Crippen molar-refractivity contribution in [1.29, 1.82) is 0 Å². The van der Waals surface area contributed by atoms with Gasteiger partial charge in [0.25, 0.3) is 0 Å². The molecule has 1 aliphatic carbocycles.